The van der Waals surface area contributed by atoms with E-state index in [9.17, 15) is 14.0 Å². The van der Waals surface area contributed by atoms with Crippen molar-refractivity contribution in [3.63, 3.8) is 0 Å². The normalized spacial score (nSPS) is 10.2. The Morgan fingerprint density at radius 1 is 1.19 bits per heavy atom. The zero-order valence-electron chi connectivity index (χ0n) is 11.3. The fourth-order valence-electron chi connectivity index (χ4n) is 1.72. The summed E-state index contributed by atoms with van der Waals surface area (Å²) in [5.41, 5.74) is 0.877. The highest BCUT2D eigenvalue weighted by molar-refractivity contribution is 6.05. The number of carbonyl (C=O) groups excluding carboxylic acids is 1. The zero-order valence-corrected chi connectivity index (χ0v) is 11.3. The molecule has 108 valence electrons. The highest BCUT2D eigenvalue weighted by Crippen LogP contribution is 2.18. The number of carbonyl (C=O) groups is 2. The number of benzene rings is 1. The van der Waals surface area contributed by atoms with Crippen LogP contribution in [-0.2, 0) is 0 Å². The number of rotatable bonds is 3. The van der Waals surface area contributed by atoms with Crippen LogP contribution in [0.5, 0.6) is 0 Å². The van der Waals surface area contributed by atoms with Gasteiger partial charge < -0.3 is 10.4 Å². The first-order valence-corrected chi connectivity index (χ1v) is 6.03. The monoisotopic (exact) mass is 289 g/mol. The Balaban J connectivity index is 2.33. The molecule has 1 heterocycles. The Morgan fingerprint density at radius 3 is 2.57 bits per heavy atom. The Hall–Kier alpha value is -2.83. The third-order valence-corrected chi connectivity index (χ3v) is 2.81. The number of hydrogen-bond donors (Lipinski definition) is 2. The van der Waals surface area contributed by atoms with E-state index in [2.05, 4.69) is 15.5 Å². The molecule has 21 heavy (non-hydrogen) atoms. The summed E-state index contributed by atoms with van der Waals surface area (Å²) in [6, 6.07) is 4.70. The van der Waals surface area contributed by atoms with Crippen molar-refractivity contribution in [2.24, 2.45) is 0 Å². The first kappa shape index (κ1) is 14.6. The van der Waals surface area contributed by atoms with Crippen molar-refractivity contribution in [2.75, 3.05) is 5.32 Å². The van der Waals surface area contributed by atoms with Crippen LogP contribution in [0.3, 0.4) is 0 Å². The van der Waals surface area contributed by atoms with Gasteiger partial charge in [-0.3, -0.25) is 4.79 Å². The second-order valence-corrected chi connectivity index (χ2v) is 4.44. The lowest BCUT2D eigenvalue weighted by atomic mass is 10.1. The predicted octanol–water partition coefficient (Wildman–Crippen LogP) is 2.18. The summed E-state index contributed by atoms with van der Waals surface area (Å²) < 4.78 is 13.7. The lowest BCUT2D eigenvalue weighted by molar-refractivity contribution is 0.0696. The summed E-state index contributed by atoms with van der Waals surface area (Å²) in [6.07, 6.45) is 0. The maximum Gasteiger partial charge on any atom is 0.335 e. The van der Waals surface area contributed by atoms with Crippen molar-refractivity contribution in [1.82, 2.24) is 10.2 Å². The van der Waals surface area contributed by atoms with Gasteiger partial charge in [-0.2, -0.15) is 10.2 Å². The number of aromatic carboxylic acids is 1. The molecule has 1 amide bonds. The van der Waals surface area contributed by atoms with Crippen molar-refractivity contribution < 1.29 is 19.1 Å². The van der Waals surface area contributed by atoms with Crippen molar-refractivity contribution >= 4 is 17.6 Å². The van der Waals surface area contributed by atoms with E-state index in [0.29, 0.717) is 11.4 Å². The molecule has 0 bridgehead atoms. The fraction of sp³-hybridized carbons (Fsp3) is 0.143. The highest BCUT2D eigenvalue weighted by Gasteiger charge is 2.15. The number of nitrogens with zero attached hydrogens (tertiary/aromatic N) is 2. The van der Waals surface area contributed by atoms with Gasteiger partial charge in [0.25, 0.3) is 5.91 Å². The Kier molecular flexibility index (Phi) is 3.93. The Morgan fingerprint density at radius 2 is 1.90 bits per heavy atom. The second kappa shape index (κ2) is 5.66. The second-order valence-electron chi connectivity index (χ2n) is 4.44. The predicted molar refractivity (Wildman–Crippen MR) is 72.8 cm³/mol. The fourth-order valence-corrected chi connectivity index (χ4v) is 1.72. The minimum absolute atomic E-state index is 0.118. The van der Waals surface area contributed by atoms with Crippen molar-refractivity contribution in [1.29, 1.82) is 0 Å². The molecule has 0 radical (unpaired) electrons. The smallest absolute Gasteiger partial charge is 0.335 e. The summed E-state index contributed by atoms with van der Waals surface area (Å²) in [4.78, 5) is 23.0. The summed E-state index contributed by atoms with van der Waals surface area (Å²) in [5, 5.41) is 18.8. The van der Waals surface area contributed by atoms with E-state index >= 15 is 0 Å². The van der Waals surface area contributed by atoms with Gasteiger partial charge in [0.15, 0.2) is 0 Å². The van der Waals surface area contributed by atoms with E-state index in [1.54, 1.807) is 13.8 Å². The maximum atomic E-state index is 13.7. The van der Waals surface area contributed by atoms with Crippen LogP contribution in [0.2, 0.25) is 0 Å². The lowest BCUT2D eigenvalue weighted by Gasteiger charge is -2.09. The average molecular weight is 289 g/mol. The van der Waals surface area contributed by atoms with Crippen molar-refractivity contribution in [3.05, 3.63) is 52.6 Å². The molecule has 0 spiro atoms. The van der Waals surface area contributed by atoms with Gasteiger partial charge in [0.2, 0.25) is 0 Å². The molecule has 0 unspecified atom stereocenters. The maximum absolute atomic E-state index is 13.7. The molecule has 0 aliphatic heterocycles. The van der Waals surface area contributed by atoms with Gasteiger partial charge in [-0.15, -0.1) is 0 Å². The van der Waals surface area contributed by atoms with Gasteiger partial charge >= 0.3 is 5.97 Å². The summed E-state index contributed by atoms with van der Waals surface area (Å²) in [5.74, 6) is -2.50. The van der Waals surface area contributed by atoms with Crippen LogP contribution in [0.25, 0.3) is 0 Å². The molecule has 0 aliphatic rings. The van der Waals surface area contributed by atoms with Crippen LogP contribution < -0.4 is 5.32 Å². The van der Waals surface area contributed by atoms with Crippen LogP contribution >= 0.6 is 0 Å². The molecular formula is C14H12FN3O3. The highest BCUT2D eigenvalue weighted by atomic mass is 19.1. The minimum Gasteiger partial charge on any atom is -0.478 e. The standard InChI is InChI=1S/C14H12FN3O3/c1-7-5-10(8(2)18-17-7)13(19)16-12-6-9(14(20)21)3-4-11(12)15/h3-6H,1-2H3,(H,16,19)(H,20,21). The summed E-state index contributed by atoms with van der Waals surface area (Å²) >= 11 is 0. The van der Waals surface area contributed by atoms with Crippen molar-refractivity contribution in [3.8, 4) is 0 Å². The first-order chi connectivity index (χ1) is 9.88. The topological polar surface area (TPSA) is 92.2 Å². The number of halogens is 1. The molecule has 2 rings (SSSR count). The number of nitrogens with one attached hydrogen (secondary N) is 1. The Bertz CT molecular complexity index is 731. The number of hydrogen-bond acceptors (Lipinski definition) is 4. The van der Waals surface area contributed by atoms with Gasteiger partial charge in [-0.1, -0.05) is 0 Å². The quantitative estimate of drug-likeness (QED) is 0.903. The number of aryl methyl sites for hydroxylation is 2. The van der Waals surface area contributed by atoms with Gasteiger partial charge in [-0.05, 0) is 38.1 Å². The van der Waals surface area contributed by atoms with Gasteiger partial charge in [0.05, 0.1) is 28.2 Å². The minimum atomic E-state index is -1.21. The van der Waals surface area contributed by atoms with E-state index in [4.69, 9.17) is 5.11 Å². The third kappa shape index (κ3) is 3.19. The molecular weight excluding hydrogens is 277 g/mol. The molecule has 1 aromatic carbocycles. The molecule has 6 nitrogen and oxygen atoms in total. The molecule has 2 aromatic rings. The van der Waals surface area contributed by atoms with Crippen LogP contribution in [-0.4, -0.2) is 27.2 Å². The Labute approximate surface area is 119 Å². The number of anilines is 1. The van der Waals surface area contributed by atoms with E-state index in [-0.39, 0.29) is 16.8 Å². The molecule has 0 aliphatic carbocycles. The first-order valence-electron chi connectivity index (χ1n) is 6.03. The lowest BCUT2D eigenvalue weighted by Crippen LogP contribution is -2.16. The van der Waals surface area contributed by atoms with E-state index in [1.165, 1.54) is 6.07 Å². The molecule has 0 saturated carbocycles. The zero-order chi connectivity index (χ0) is 15.6. The average Bonchev–Trinajstić information content (AvgIpc) is 2.43. The molecule has 0 atom stereocenters. The van der Waals surface area contributed by atoms with E-state index in [0.717, 1.165) is 18.2 Å². The number of carboxylic acids is 1. The van der Waals surface area contributed by atoms with Gasteiger partial charge in [0.1, 0.15) is 5.82 Å². The van der Waals surface area contributed by atoms with Crippen LogP contribution in [0.4, 0.5) is 10.1 Å². The number of aromatic nitrogens is 2. The number of carboxylic acid groups (broad SMARTS) is 1. The van der Waals surface area contributed by atoms with Crippen LogP contribution in [0.15, 0.2) is 24.3 Å². The van der Waals surface area contributed by atoms with E-state index in [1.807, 2.05) is 0 Å². The third-order valence-electron chi connectivity index (χ3n) is 2.81. The van der Waals surface area contributed by atoms with Gasteiger partial charge in [-0.25, -0.2) is 9.18 Å². The molecule has 1 aromatic heterocycles. The molecule has 0 saturated heterocycles. The van der Waals surface area contributed by atoms with Crippen LogP contribution in [0, 0.1) is 19.7 Å². The summed E-state index contributed by atoms with van der Waals surface area (Å²) in [6.45, 7) is 3.28. The summed E-state index contributed by atoms with van der Waals surface area (Å²) in [7, 11) is 0. The van der Waals surface area contributed by atoms with Crippen molar-refractivity contribution in [2.45, 2.75) is 13.8 Å². The SMILES string of the molecule is Cc1cc(C(=O)Nc2cc(C(=O)O)ccc2F)c(C)nn1. The van der Waals surface area contributed by atoms with Gasteiger partial charge in [0, 0.05) is 0 Å². The number of amides is 1. The van der Waals surface area contributed by atoms with E-state index < -0.39 is 17.7 Å². The molecule has 2 N–H and O–H groups in total. The largest absolute Gasteiger partial charge is 0.478 e. The van der Waals surface area contributed by atoms with Crippen LogP contribution in [0.1, 0.15) is 32.1 Å². The molecule has 7 heteroatoms. The molecule has 0 fully saturated rings.